The van der Waals surface area contributed by atoms with Gasteiger partial charge in [-0.1, -0.05) is 17.4 Å². The molecule has 158 valence electrons. The van der Waals surface area contributed by atoms with Crippen molar-refractivity contribution in [2.24, 2.45) is 4.99 Å². The summed E-state index contributed by atoms with van der Waals surface area (Å²) in [6.45, 7) is 1.90. The van der Waals surface area contributed by atoms with Crippen molar-refractivity contribution in [3.63, 3.8) is 0 Å². The zero-order valence-corrected chi connectivity index (χ0v) is 17.9. The van der Waals surface area contributed by atoms with E-state index in [1.807, 2.05) is 0 Å². The minimum absolute atomic E-state index is 0.0897. The van der Waals surface area contributed by atoms with E-state index in [4.69, 9.17) is 18.9 Å². The molecule has 9 heteroatoms. The molecule has 0 aliphatic carbocycles. The molecule has 3 aromatic rings. The van der Waals surface area contributed by atoms with E-state index in [2.05, 4.69) is 4.99 Å². The summed E-state index contributed by atoms with van der Waals surface area (Å²) in [6.07, 6.45) is 0. The first-order chi connectivity index (χ1) is 14.5. The minimum Gasteiger partial charge on any atom is -0.497 e. The normalized spacial score (nSPS) is 11.4. The Bertz CT molecular complexity index is 1150. The Morgan fingerprint density at radius 2 is 1.77 bits per heavy atom. The fourth-order valence-electron chi connectivity index (χ4n) is 2.88. The Hall–Kier alpha value is -3.33. The lowest BCUT2D eigenvalue weighted by molar-refractivity contribution is -0.143. The first kappa shape index (κ1) is 21.4. The molecule has 1 amide bonds. The van der Waals surface area contributed by atoms with Gasteiger partial charge >= 0.3 is 5.97 Å². The Labute approximate surface area is 177 Å². The lowest BCUT2D eigenvalue weighted by Gasteiger charge is -2.09. The number of hydrogen-bond acceptors (Lipinski definition) is 7. The smallest absolute Gasteiger partial charge is 0.326 e. The average Bonchev–Trinajstić information content (AvgIpc) is 3.08. The van der Waals surface area contributed by atoms with Gasteiger partial charge < -0.3 is 23.5 Å². The van der Waals surface area contributed by atoms with Crippen LogP contribution >= 0.6 is 11.3 Å². The van der Waals surface area contributed by atoms with E-state index in [1.54, 1.807) is 55.0 Å². The van der Waals surface area contributed by atoms with Crippen LogP contribution in [0, 0.1) is 0 Å². The molecule has 0 saturated carbocycles. The second-order valence-corrected chi connectivity index (χ2v) is 7.11. The monoisotopic (exact) mass is 430 g/mol. The number of aromatic nitrogens is 1. The molecule has 0 N–H and O–H groups in total. The molecule has 8 nitrogen and oxygen atoms in total. The Morgan fingerprint density at radius 3 is 2.43 bits per heavy atom. The number of nitrogens with zero attached hydrogens (tertiary/aromatic N) is 2. The highest BCUT2D eigenvalue weighted by Gasteiger charge is 2.16. The van der Waals surface area contributed by atoms with Crippen molar-refractivity contribution in [1.29, 1.82) is 0 Å². The predicted molar refractivity (Wildman–Crippen MR) is 112 cm³/mol. The van der Waals surface area contributed by atoms with Gasteiger partial charge in [-0.05, 0) is 25.1 Å². The quantitative estimate of drug-likeness (QED) is 0.536. The first-order valence-electron chi connectivity index (χ1n) is 9.14. The van der Waals surface area contributed by atoms with Crippen LogP contribution in [0.2, 0.25) is 0 Å². The summed E-state index contributed by atoms with van der Waals surface area (Å²) in [5.74, 6) is 0.729. The van der Waals surface area contributed by atoms with E-state index in [0.717, 1.165) is 4.70 Å². The van der Waals surface area contributed by atoms with Crippen LogP contribution in [0.25, 0.3) is 10.2 Å². The summed E-state index contributed by atoms with van der Waals surface area (Å²) in [7, 11) is 4.60. The Balaban J connectivity index is 2.16. The number of benzene rings is 2. The number of rotatable bonds is 7. The van der Waals surface area contributed by atoms with Gasteiger partial charge in [0.05, 0.1) is 38.2 Å². The molecule has 0 spiro atoms. The van der Waals surface area contributed by atoms with Crippen LogP contribution in [0.5, 0.6) is 17.2 Å². The number of hydrogen-bond donors (Lipinski definition) is 0. The van der Waals surface area contributed by atoms with Crippen molar-refractivity contribution in [3.05, 3.63) is 46.8 Å². The number of thiazole rings is 1. The summed E-state index contributed by atoms with van der Waals surface area (Å²) >= 11 is 1.27. The van der Waals surface area contributed by atoms with Crippen molar-refractivity contribution in [1.82, 2.24) is 4.57 Å². The fourth-order valence-corrected chi connectivity index (χ4v) is 3.92. The topological polar surface area (TPSA) is 88.4 Å². The predicted octanol–water partition coefficient (Wildman–Crippen LogP) is 3.03. The van der Waals surface area contributed by atoms with E-state index < -0.39 is 11.9 Å². The molecule has 1 aromatic heterocycles. The van der Waals surface area contributed by atoms with Gasteiger partial charge in [-0.3, -0.25) is 9.59 Å². The zero-order chi connectivity index (χ0) is 21.7. The number of esters is 1. The molecule has 0 unspecified atom stereocenters. The lowest BCUT2D eigenvalue weighted by atomic mass is 10.2. The van der Waals surface area contributed by atoms with Gasteiger partial charge in [0.1, 0.15) is 12.3 Å². The number of carbonyl (C=O) groups excluding carboxylic acids is 2. The highest BCUT2D eigenvalue weighted by Crippen LogP contribution is 2.33. The maximum Gasteiger partial charge on any atom is 0.326 e. The molecule has 0 fully saturated rings. The van der Waals surface area contributed by atoms with Gasteiger partial charge in [0.15, 0.2) is 16.3 Å². The number of methoxy groups -OCH3 is 3. The molecule has 0 atom stereocenters. The van der Waals surface area contributed by atoms with Crippen molar-refractivity contribution >= 4 is 33.4 Å². The summed E-state index contributed by atoms with van der Waals surface area (Å²) in [4.78, 5) is 29.6. The largest absolute Gasteiger partial charge is 0.497 e. The molecule has 0 bridgehead atoms. The molecule has 0 radical (unpaired) electrons. The number of fused-ring (bicyclic) bond motifs is 1. The maximum absolute atomic E-state index is 12.8. The lowest BCUT2D eigenvalue weighted by Crippen LogP contribution is -2.23. The SMILES string of the molecule is CCOC(=O)Cn1c(=NC(=O)c2cccc(OC)c2)sc2cc(OC)c(OC)cc21. The highest BCUT2D eigenvalue weighted by molar-refractivity contribution is 7.16. The first-order valence-corrected chi connectivity index (χ1v) is 9.96. The number of amides is 1. The van der Waals surface area contributed by atoms with Gasteiger partial charge in [0, 0.05) is 17.7 Å². The number of ether oxygens (including phenoxy) is 4. The fraction of sp³-hybridized carbons (Fsp3) is 0.286. The maximum atomic E-state index is 12.8. The van der Waals surface area contributed by atoms with Gasteiger partial charge in [-0.25, -0.2) is 0 Å². The summed E-state index contributed by atoms with van der Waals surface area (Å²) in [6, 6.07) is 10.3. The van der Waals surface area contributed by atoms with Crippen molar-refractivity contribution in [3.8, 4) is 17.2 Å². The summed E-state index contributed by atoms with van der Waals surface area (Å²) in [5, 5.41) is 0. The van der Waals surface area contributed by atoms with E-state index in [-0.39, 0.29) is 13.2 Å². The van der Waals surface area contributed by atoms with E-state index in [9.17, 15) is 9.59 Å². The average molecular weight is 430 g/mol. The van der Waals surface area contributed by atoms with Crippen LogP contribution in [0.3, 0.4) is 0 Å². The third-order valence-electron chi connectivity index (χ3n) is 4.29. The molecule has 3 rings (SSSR count). The molecule has 0 aliphatic heterocycles. The standard InChI is InChI=1S/C21H22N2O6S/c1-5-29-19(24)12-23-15-10-16(27-3)17(28-4)11-18(15)30-21(23)22-20(25)13-7-6-8-14(9-13)26-2/h6-11H,5,12H2,1-4H3. The summed E-state index contributed by atoms with van der Waals surface area (Å²) < 4.78 is 23.4. The van der Waals surface area contributed by atoms with Gasteiger partial charge in [-0.2, -0.15) is 4.99 Å². The Morgan fingerprint density at radius 1 is 1.03 bits per heavy atom. The van der Waals surface area contributed by atoms with Gasteiger partial charge in [0.2, 0.25) is 0 Å². The molecule has 1 heterocycles. The number of carbonyl (C=O) groups is 2. The van der Waals surface area contributed by atoms with E-state index in [0.29, 0.717) is 33.1 Å². The zero-order valence-electron chi connectivity index (χ0n) is 17.1. The third kappa shape index (κ3) is 4.46. The van der Waals surface area contributed by atoms with Crippen LogP contribution < -0.4 is 19.0 Å². The van der Waals surface area contributed by atoms with Gasteiger partial charge in [0.25, 0.3) is 5.91 Å². The molecular formula is C21H22N2O6S. The van der Waals surface area contributed by atoms with Crippen LogP contribution in [0.1, 0.15) is 17.3 Å². The highest BCUT2D eigenvalue weighted by atomic mass is 32.1. The van der Waals surface area contributed by atoms with Crippen LogP contribution in [0.15, 0.2) is 41.4 Å². The molecule has 2 aromatic carbocycles. The van der Waals surface area contributed by atoms with Gasteiger partial charge in [-0.15, -0.1) is 0 Å². The van der Waals surface area contributed by atoms with E-state index in [1.165, 1.54) is 25.6 Å². The summed E-state index contributed by atoms with van der Waals surface area (Å²) in [5.41, 5.74) is 1.06. The molecule has 0 aliphatic rings. The van der Waals surface area contributed by atoms with Crippen molar-refractivity contribution in [2.45, 2.75) is 13.5 Å². The molecular weight excluding hydrogens is 408 g/mol. The Kier molecular flexibility index (Phi) is 6.73. The van der Waals surface area contributed by atoms with Crippen LogP contribution in [-0.4, -0.2) is 44.4 Å². The van der Waals surface area contributed by atoms with Crippen LogP contribution in [-0.2, 0) is 16.1 Å². The van der Waals surface area contributed by atoms with E-state index >= 15 is 0 Å². The second kappa shape index (κ2) is 9.45. The second-order valence-electron chi connectivity index (χ2n) is 6.10. The van der Waals surface area contributed by atoms with Crippen molar-refractivity contribution in [2.75, 3.05) is 27.9 Å². The minimum atomic E-state index is -0.447. The molecule has 30 heavy (non-hydrogen) atoms. The molecule has 0 saturated heterocycles. The van der Waals surface area contributed by atoms with Crippen molar-refractivity contribution < 1.29 is 28.5 Å². The third-order valence-corrected chi connectivity index (χ3v) is 5.34. The van der Waals surface area contributed by atoms with Crippen LogP contribution in [0.4, 0.5) is 0 Å².